The van der Waals surface area contributed by atoms with E-state index in [0.717, 1.165) is 46.3 Å². The van der Waals surface area contributed by atoms with Crippen molar-refractivity contribution in [2.75, 3.05) is 5.75 Å². The Hall–Kier alpha value is -3.19. The molecule has 0 amide bonds. The van der Waals surface area contributed by atoms with Crippen LogP contribution in [0.2, 0.25) is 0 Å². The first-order valence-corrected chi connectivity index (χ1v) is 12.3. The fourth-order valence-corrected chi connectivity index (χ4v) is 5.37. The van der Waals surface area contributed by atoms with Crippen molar-refractivity contribution in [2.45, 2.75) is 50.9 Å². The van der Waals surface area contributed by atoms with Gasteiger partial charge in [-0.25, -0.2) is 0 Å². The van der Waals surface area contributed by atoms with Gasteiger partial charge in [0, 0.05) is 41.0 Å². The van der Waals surface area contributed by atoms with E-state index >= 15 is 0 Å². The Morgan fingerprint density at radius 3 is 2.52 bits per heavy atom. The zero-order valence-electron chi connectivity index (χ0n) is 19.1. The average Bonchev–Trinajstić information content (AvgIpc) is 3.52. The molecule has 168 valence electrons. The van der Waals surface area contributed by atoms with Crippen LogP contribution in [-0.4, -0.2) is 35.9 Å². The van der Waals surface area contributed by atoms with E-state index in [1.165, 1.54) is 17.3 Å². The molecule has 1 fully saturated rings. The fraction of sp³-hybridized carbons (Fsp3) is 0.308. The van der Waals surface area contributed by atoms with E-state index in [-0.39, 0.29) is 11.8 Å². The van der Waals surface area contributed by atoms with Gasteiger partial charge in [0.25, 0.3) is 0 Å². The highest BCUT2D eigenvalue weighted by atomic mass is 32.2. The summed E-state index contributed by atoms with van der Waals surface area (Å²) in [7, 11) is 0. The molecule has 0 radical (unpaired) electrons. The van der Waals surface area contributed by atoms with Gasteiger partial charge in [-0.2, -0.15) is 0 Å². The van der Waals surface area contributed by atoms with Gasteiger partial charge in [-0.05, 0) is 57.4 Å². The van der Waals surface area contributed by atoms with Crippen LogP contribution in [0.5, 0.6) is 0 Å². The summed E-state index contributed by atoms with van der Waals surface area (Å²) in [6.07, 6.45) is 5.78. The summed E-state index contributed by atoms with van der Waals surface area (Å²) in [5, 5.41) is 9.68. The van der Waals surface area contributed by atoms with Crippen LogP contribution in [0.15, 0.2) is 66.1 Å². The van der Waals surface area contributed by atoms with Gasteiger partial charge in [0.05, 0.1) is 11.8 Å². The number of aromatic nitrogens is 5. The standard InChI is InChI=1S/C26H27N5OS/c1-17-15-23(19(3)30(17)18(2)20-7-5-4-6-8-20)24(32)16-33-26-29-28-25(31(26)22-9-10-22)21-11-13-27-14-12-21/h4-8,11-15,18,22H,9-10,16H2,1-3H3/t18-/m0/s1. The first kappa shape index (κ1) is 21.6. The van der Waals surface area contributed by atoms with Gasteiger partial charge < -0.3 is 4.57 Å². The third-order valence-corrected chi connectivity index (χ3v) is 7.24. The smallest absolute Gasteiger partial charge is 0.192 e. The first-order chi connectivity index (χ1) is 16.0. The minimum Gasteiger partial charge on any atom is -0.341 e. The van der Waals surface area contributed by atoms with E-state index < -0.39 is 0 Å². The van der Waals surface area contributed by atoms with Crippen LogP contribution in [0, 0.1) is 13.8 Å². The van der Waals surface area contributed by atoms with E-state index in [1.807, 2.05) is 31.2 Å². The van der Waals surface area contributed by atoms with Gasteiger partial charge in [0.15, 0.2) is 16.8 Å². The second kappa shape index (κ2) is 8.98. The van der Waals surface area contributed by atoms with Crippen molar-refractivity contribution in [1.29, 1.82) is 0 Å². The van der Waals surface area contributed by atoms with E-state index in [2.05, 4.69) is 62.4 Å². The molecular weight excluding hydrogens is 430 g/mol. The lowest BCUT2D eigenvalue weighted by Gasteiger charge is -2.19. The lowest BCUT2D eigenvalue weighted by atomic mass is 10.1. The highest BCUT2D eigenvalue weighted by Crippen LogP contribution is 2.41. The van der Waals surface area contributed by atoms with Crippen LogP contribution in [0.1, 0.15) is 59.2 Å². The number of carbonyl (C=O) groups is 1. The third kappa shape index (κ3) is 4.25. The quantitative estimate of drug-likeness (QED) is 0.252. The Labute approximate surface area is 198 Å². The summed E-state index contributed by atoms with van der Waals surface area (Å²) in [6.45, 7) is 6.29. The molecule has 0 saturated heterocycles. The number of aryl methyl sites for hydroxylation is 1. The number of benzene rings is 1. The molecule has 0 unspecified atom stereocenters. The third-order valence-electron chi connectivity index (χ3n) is 6.30. The number of thioether (sulfide) groups is 1. The number of Topliss-reactive ketones (excluding diaryl/α,β-unsaturated/α-hetero) is 1. The predicted molar refractivity (Wildman–Crippen MR) is 131 cm³/mol. The Morgan fingerprint density at radius 2 is 1.82 bits per heavy atom. The summed E-state index contributed by atoms with van der Waals surface area (Å²) >= 11 is 1.48. The molecule has 1 atom stereocenters. The Morgan fingerprint density at radius 1 is 1.09 bits per heavy atom. The van der Waals surface area contributed by atoms with Gasteiger partial charge in [-0.3, -0.25) is 14.3 Å². The molecule has 4 aromatic rings. The van der Waals surface area contributed by atoms with Crippen molar-refractivity contribution in [3.05, 3.63) is 83.4 Å². The SMILES string of the molecule is Cc1cc(C(=O)CSc2nnc(-c3ccncc3)n2C2CC2)c(C)n1[C@@H](C)c1ccccc1. The van der Waals surface area contributed by atoms with Crippen LogP contribution in [0.3, 0.4) is 0 Å². The molecule has 5 rings (SSSR count). The number of nitrogens with zero attached hydrogens (tertiary/aromatic N) is 5. The van der Waals surface area contributed by atoms with E-state index in [0.29, 0.717) is 11.8 Å². The minimum absolute atomic E-state index is 0.121. The molecular formula is C26H27N5OS. The van der Waals surface area contributed by atoms with Crippen molar-refractivity contribution in [2.24, 2.45) is 0 Å². The van der Waals surface area contributed by atoms with E-state index in [1.54, 1.807) is 12.4 Å². The van der Waals surface area contributed by atoms with Crippen molar-refractivity contribution in [3.8, 4) is 11.4 Å². The number of ketones is 1. The van der Waals surface area contributed by atoms with Gasteiger partial charge in [0.1, 0.15) is 0 Å². The summed E-state index contributed by atoms with van der Waals surface area (Å²) in [4.78, 5) is 17.3. The highest BCUT2D eigenvalue weighted by Gasteiger charge is 2.30. The Balaban J connectivity index is 1.36. The molecule has 0 aliphatic heterocycles. The number of hydrogen-bond donors (Lipinski definition) is 0. The molecule has 1 aromatic carbocycles. The first-order valence-electron chi connectivity index (χ1n) is 11.3. The predicted octanol–water partition coefficient (Wildman–Crippen LogP) is 5.68. The molecule has 0 N–H and O–H groups in total. The van der Waals surface area contributed by atoms with Gasteiger partial charge in [-0.1, -0.05) is 42.1 Å². The maximum absolute atomic E-state index is 13.2. The van der Waals surface area contributed by atoms with Crippen LogP contribution in [-0.2, 0) is 0 Å². The van der Waals surface area contributed by atoms with Gasteiger partial charge >= 0.3 is 0 Å². The molecule has 33 heavy (non-hydrogen) atoms. The molecule has 1 aliphatic rings. The van der Waals surface area contributed by atoms with E-state index in [9.17, 15) is 4.79 Å². The monoisotopic (exact) mass is 457 g/mol. The summed E-state index contributed by atoms with van der Waals surface area (Å²) in [6, 6.07) is 16.9. The summed E-state index contributed by atoms with van der Waals surface area (Å²) in [5.41, 5.74) is 5.12. The fourth-order valence-electron chi connectivity index (χ4n) is 4.48. The molecule has 1 saturated carbocycles. The second-order valence-electron chi connectivity index (χ2n) is 8.60. The lowest BCUT2D eigenvalue weighted by molar-refractivity contribution is 0.102. The maximum Gasteiger partial charge on any atom is 0.192 e. The molecule has 3 heterocycles. The Kier molecular flexibility index (Phi) is 5.89. The lowest BCUT2D eigenvalue weighted by Crippen LogP contribution is -2.12. The average molecular weight is 458 g/mol. The van der Waals surface area contributed by atoms with Crippen molar-refractivity contribution in [3.63, 3.8) is 0 Å². The molecule has 6 nitrogen and oxygen atoms in total. The number of hydrogen-bond acceptors (Lipinski definition) is 5. The Bertz CT molecular complexity index is 1280. The number of rotatable bonds is 8. The second-order valence-corrected chi connectivity index (χ2v) is 9.54. The van der Waals surface area contributed by atoms with Gasteiger partial charge in [-0.15, -0.1) is 10.2 Å². The summed E-state index contributed by atoms with van der Waals surface area (Å²) in [5.74, 6) is 1.31. The minimum atomic E-state index is 0.121. The van der Waals surface area contributed by atoms with E-state index in [4.69, 9.17) is 0 Å². The van der Waals surface area contributed by atoms with Crippen LogP contribution < -0.4 is 0 Å². The molecule has 1 aliphatic carbocycles. The van der Waals surface area contributed by atoms with Crippen molar-refractivity contribution < 1.29 is 4.79 Å². The van der Waals surface area contributed by atoms with Crippen LogP contribution in [0.4, 0.5) is 0 Å². The molecule has 0 spiro atoms. The maximum atomic E-state index is 13.2. The number of pyridine rings is 1. The van der Waals surface area contributed by atoms with Crippen molar-refractivity contribution >= 4 is 17.5 Å². The zero-order chi connectivity index (χ0) is 22.9. The largest absolute Gasteiger partial charge is 0.341 e. The normalized spacial score (nSPS) is 14.4. The number of carbonyl (C=O) groups excluding carboxylic acids is 1. The molecule has 3 aromatic heterocycles. The topological polar surface area (TPSA) is 65.6 Å². The van der Waals surface area contributed by atoms with Crippen LogP contribution >= 0.6 is 11.8 Å². The molecule has 0 bridgehead atoms. The highest BCUT2D eigenvalue weighted by molar-refractivity contribution is 7.99. The van der Waals surface area contributed by atoms with Crippen LogP contribution in [0.25, 0.3) is 11.4 Å². The van der Waals surface area contributed by atoms with Gasteiger partial charge in [0.2, 0.25) is 0 Å². The zero-order valence-corrected chi connectivity index (χ0v) is 19.9. The van der Waals surface area contributed by atoms with Crippen molar-refractivity contribution in [1.82, 2.24) is 24.3 Å². The summed E-state index contributed by atoms with van der Waals surface area (Å²) < 4.78 is 4.44. The molecule has 7 heteroatoms.